The van der Waals surface area contributed by atoms with Crippen LogP contribution in [0.2, 0.25) is 0 Å². The van der Waals surface area contributed by atoms with Crippen LogP contribution in [0.4, 0.5) is 5.13 Å². The average molecular weight is 486 g/mol. The van der Waals surface area contributed by atoms with Crippen LogP contribution < -0.4 is 5.32 Å². The van der Waals surface area contributed by atoms with Gasteiger partial charge in [-0.1, -0.05) is 29.2 Å². The van der Waals surface area contributed by atoms with Gasteiger partial charge in [0.25, 0.3) is 5.91 Å². The van der Waals surface area contributed by atoms with Gasteiger partial charge in [0.05, 0.1) is 17.8 Å². The molecule has 0 unspecified atom stereocenters. The number of sulfonamides is 1. The molecule has 1 aromatic carbocycles. The van der Waals surface area contributed by atoms with Gasteiger partial charge in [-0.25, -0.2) is 8.42 Å². The SMILES string of the molecule is COC(=O)CSc1nnc(NC(=O)c2cc(S(=O)(=O)N3CCN(C)CC3)ccc2C)s1. The summed E-state index contributed by atoms with van der Waals surface area (Å²) in [4.78, 5) is 26.2. The zero-order chi connectivity index (χ0) is 22.6. The monoisotopic (exact) mass is 485 g/mol. The van der Waals surface area contributed by atoms with Crippen molar-refractivity contribution in [2.45, 2.75) is 16.2 Å². The normalized spacial score (nSPS) is 15.6. The number of amides is 1. The molecule has 1 aliphatic heterocycles. The third-order valence-corrected chi connectivity index (χ3v) is 8.56. The third kappa shape index (κ3) is 5.80. The summed E-state index contributed by atoms with van der Waals surface area (Å²) in [7, 11) is -0.441. The highest BCUT2D eigenvalue weighted by atomic mass is 32.2. The van der Waals surface area contributed by atoms with Crippen molar-refractivity contribution >= 4 is 50.1 Å². The Labute approximate surface area is 189 Å². The number of piperazine rings is 1. The van der Waals surface area contributed by atoms with Gasteiger partial charge in [0.15, 0.2) is 4.34 Å². The molecule has 2 heterocycles. The molecule has 1 N–H and O–H groups in total. The van der Waals surface area contributed by atoms with Crippen LogP contribution in [0.25, 0.3) is 0 Å². The summed E-state index contributed by atoms with van der Waals surface area (Å²) in [5, 5.41) is 10.7. The highest BCUT2D eigenvalue weighted by Gasteiger charge is 2.28. The lowest BCUT2D eigenvalue weighted by Crippen LogP contribution is -2.47. The smallest absolute Gasteiger partial charge is 0.316 e. The Hall–Kier alpha value is -2.06. The predicted molar refractivity (Wildman–Crippen MR) is 118 cm³/mol. The van der Waals surface area contributed by atoms with Crippen LogP contribution in [0.1, 0.15) is 15.9 Å². The Balaban J connectivity index is 1.73. The molecule has 1 fully saturated rings. The number of anilines is 1. The van der Waals surface area contributed by atoms with Gasteiger partial charge in [-0.3, -0.25) is 14.9 Å². The summed E-state index contributed by atoms with van der Waals surface area (Å²) in [5.74, 6) is -0.780. The van der Waals surface area contributed by atoms with Gasteiger partial charge >= 0.3 is 5.97 Å². The molecule has 0 saturated carbocycles. The van der Waals surface area contributed by atoms with Gasteiger partial charge in [-0.05, 0) is 31.7 Å². The molecule has 10 nitrogen and oxygen atoms in total. The van der Waals surface area contributed by atoms with E-state index in [4.69, 9.17) is 0 Å². The van der Waals surface area contributed by atoms with Gasteiger partial charge in [0.1, 0.15) is 0 Å². The van der Waals surface area contributed by atoms with Crippen molar-refractivity contribution in [1.29, 1.82) is 0 Å². The van der Waals surface area contributed by atoms with Gasteiger partial charge in [0.2, 0.25) is 15.2 Å². The number of carbonyl (C=O) groups excluding carboxylic acids is 2. The van der Waals surface area contributed by atoms with Gasteiger partial charge in [-0.15, -0.1) is 10.2 Å². The minimum absolute atomic E-state index is 0.0828. The van der Waals surface area contributed by atoms with Crippen molar-refractivity contribution in [1.82, 2.24) is 19.4 Å². The molecular weight excluding hydrogens is 462 g/mol. The summed E-state index contributed by atoms with van der Waals surface area (Å²) in [6.07, 6.45) is 0. The van der Waals surface area contributed by atoms with Gasteiger partial charge in [-0.2, -0.15) is 4.31 Å². The predicted octanol–water partition coefficient (Wildman–Crippen LogP) is 1.30. The molecule has 3 rings (SSSR count). The van der Waals surface area contributed by atoms with E-state index in [2.05, 4.69) is 25.2 Å². The molecule has 13 heteroatoms. The number of likely N-dealkylation sites (N-methyl/N-ethyl adjacent to an activating group) is 1. The topological polar surface area (TPSA) is 122 Å². The number of aromatic nitrogens is 2. The Morgan fingerprint density at radius 1 is 1.23 bits per heavy atom. The maximum atomic E-state index is 13.0. The molecule has 168 valence electrons. The van der Waals surface area contributed by atoms with Crippen LogP contribution in [0, 0.1) is 6.92 Å². The Kier molecular flexibility index (Phi) is 7.64. The van der Waals surface area contributed by atoms with Crippen LogP contribution in [0.3, 0.4) is 0 Å². The van der Waals surface area contributed by atoms with Crippen molar-refractivity contribution in [3.8, 4) is 0 Å². The molecular formula is C18H23N5O5S3. The van der Waals surface area contributed by atoms with Gasteiger partial charge < -0.3 is 9.64 Å². The second kappa shape index (κ2) is 10.0. The summed E-state index contributed by atoms with van der Waals surface area (Å²) in [6, 6.07) is 4.54. The van der Waals surface area contributed by atoms with E-state index in [-0.39, 0.29) is 27.3 Å². The molecule has 31 heavy (non-hydrogen) atoms. The van der Waals surface area contributed by atoms with E-state index in [1.807, 2.05) is 7.05 Å². The highest BCUT2D eigenvalue weighted by molar-refractivity contribution is 8.01. The minimum Gasteiger partial charge on any atom is -0.468 e. The molecule has 0 radical (unpaired) electrons. The molecule has 0 bridgehead atoms. The number of hydrogen-bond donors (Lipinski definition) is 1. The van der Waals surface area contributed by atoms with Crippen LogP contribution in [-0.4, -0.2) is 85.8 Å². The molecule has 1 amide bonds. The Morgan fingerprint density at radius 3 is 2.61 bits per heavy atom. The van der Waals surface area contributed by atoms with Crippen LogP contribution in [0.15, 0.2) is 27.4 Å². The number of thioether (sulfide) groups is 1. The highest BCUT2D eigenvalue weighted by Crippen LogP contribution is 2.27. The van der Waals surface area contributed by atoms with E-state index in [0.717, 1.165) is 23.1 Å². The standard InChI is InChI=1S/C18H23N5O5S3/c1-12-4-5-13(31(26,27)23-8-6-22(2)7-9-23)10-14(12)16(25)19-17-20-21-18(30-17)29-11-15(24)28-3/h4-5,10H,6-9,11H2,1-3H3,(H,19,20,25). The lowest BCUT2D eigenvalue weighted by Gasteiger charge is -2.31. The van der Waals surface area contributed by atoms with Crippen LogP contribution in [0.5, 0.6) is 0 Å². The Bertz CT molecular complexity index is 1060. The first-order valence-corrected chi connectivity index (χ1v) is 12.6. The first-order chi connectivity index (χ1) is 14.7. The molecule has 1 aliphatic rings. The van der Waals surface area contributed by atoms with Gasteiger partial charge in [0, 0.05) is 31.7 Å². The number of aryl methyl sites for hydroxylation is 1. The largest absolute Gasteiger partial charge is 0.468 e. The quantitative estimate of drug-likeness (QED) is 0.351. The third-order valence-electron chi connectivity index (χ3n) is 4.72. The number of carbonyl (C=O) groups is 2. The maximum absolute atomic E-state index is 13.0. The lowest BCUT2D eigenvalue weighted by molar-refractivity contribution is -0.137. The molecule has 1 saturated heterocycles. The van der Waals surface area contributed by atoms with E-state index in [1.165, 1.54) is 23.5 Å². The van der Waals surface area contributed by atoms with E-state index in [1.54, 1.807) is 13.0 Å². The maximum Gasteiger partial charge on any atom is 0.316 e. The van der Waals surface area contributed by atoms with E-state index >= 15 is 0 Å². The summed E-state index contributed by atoms with van der Waals surface area (Å²) in [6.45, 7) is 3.87. The zero-order valence-corrected chi connectivity index (χ0v) is 19.8. The van der Waals surface area contributed by atoms with Crippen molar-refractivity contribution in [2.24, 2.45) is 0 Å². The molecule has 2 aromatic rings. The number of nitrogens with zero attached hydrogens (tertiary/aromatic N) is 4. The van der Waals surface area contributed by atoms with E-state index in [9.17, 15) is 18.0 Å². The van der Waals surface area contributed by atoms with Crippen molar-refractivity contribution in [3.05, 3.63) is 29.3 Å². The number of methoxy groups -OCH3 is 1. The average Bonchev–Trinajstić information content (AvgIpc) is 3.19. The fourth-order valence-corrected chi connectivity index (χ4v) is 5.87. The lowest BCUT2D eigenvalue weighted by atomic mass is 10.1. The van der Waals surface area contributed by atoms with Crippen molar-refractivity contribution in [2.75, 3.05) is 51.4 Å². The Morgan fingerprint density at radius 2 is 1.94 bits per heavy atom. The van der Waals surface area contributed by atoms with E-state index in [0.29, 0.717) is 36.1 Å². The fourth-order valence-electron chi connectivity index (χ4n) is 2.85. The zero-order valence-electron chi connectivity index (χ0n) is 17.3. The molecule has 0 spiro atoms. The number of esters is 1. The summed E-state index contributed by atoms with van der Waals surface area (Å²) in [5.41, 5.74) is 0.883. The number of benzene rings is 1. The first kappa shape index (κ1) is 23.6. The van der Waals surface area contributed by atoms with Crippen molar-refractivity contribution in [3.63, 3.8) is 0 Å². The fraction of sp³-hybridized carbons (Fsp3) is 0.444. The summed E-state index contributed by atoms with van der Waals surface area (Å²) >= 11 is 2.27. The number of rotatable bonds is 7. The summed E-state index contributed by atoms with van der Waals surface area (Å²) < 4.78 is 32.5. The van der Waals surface area contributed by atoms with Crippen LogP contribution >= 0.6 is 23.1 Å². The second-order valence-corrected chi connectivity index (χ2v) is 11.0. The first-order valence-electron chi connectivity index (χ1n) is 9.34. The molecule has 0 aliphatic carbocycles. The second-order valence-electron chi connectivity index (χ2n) is 6.88. The molecule has 1 aromatic heterocycles. The minimum atomic E-state index is -3.69. The van der Waals surface area contributed by atoms with Crippen molar-refractivity contribution < 1.29 is 22.7 Å². The molecule has 0 atom stereocenters. The number of nitrogens with one attached hydrogen (secondary N) is 1. The van der Waals surface area contributed by atoms with E-state index < -0.39 is 15.9 Å². The number of hydrogen-bond acceptors (Lipinski definition) is 10. The number of ether oxygens (including phenoxy) is 1. The van der Waals surface area contributed by atoms with Crippen LogP contribution in [-0.2, 0) is 19.6 Å².